The monoisotopic (exact) mass is 475 g/mol. The third-order valence-electron chi connectivity index (χ3n) is 7.59. The summed E-state index contributed by atoms with van der Waals surface area (Å²) in [4.78, 5) is 31.0. The lowest BCUT2D eigenvalue weighted by Crippen LogP contribution is -2.49. The van der Waals surface area contributed by atoms with E-state index in [0.717, 1.165) is 62.0 Å². The van der Waals surface area contributed by atoms with Crippen LogP contribution >= 0.6 is 0 Å². The molecule has 35 heavy (non-hydrogen) atoms. The van der Waals surface area contributed by atoms with E-state index in [1.54, 1.807) is 19.1 Å². The van der Waals surface area contributed by atoms with E-state index < -0.39 is 0 Å². The highest BCUT2D eigenvalue weighted by molar-refractivity contribution is 6.12. The number of anilines is 1. The molecule has 3 unspecified atom stereocenters. The SMILES string of the molecule is CC1=NC(c2ccc(F)c(C)c2)=NC1CCCC(=O)N1CCN(c2cc(C3CC3C)ccn2)CC1. The van der Waals surface area contributed by atoms with E-state index >= 15 is 0 Å². The fraction of sp³-hybridized carbons (Fsp3) is 0.500. The van der Waals surface area contributed by atoms with Crippen LogP contribution in [0.1, 0.15) is 62.1 Å². The summed E-state index contributed by atoms with van der Waals surface area (Å²) in [5.41, 5.74) is 3.78. The third kappa shape index (κ3) is 5.29. The maximum atomic E-state index is 13.6. The number of carbonyl (C=O) groups is 1. The van der Waals surface area contributed by atoms with Crippen LogP contribution < -0.4 is 4.90 Å². The Bertz CT molecular complexity index is 1170. The normalized spacial score (nSPS) is 23.8. The summed E-state index contributed by atoms with van der Waals surface area (Å²) in [6.07, 6.45) is 5.29. The van der Waals surface area contributed by atoms with Gasteiger partial charge in [-0.25, -0.2) is 14.4 Å². The Morgan fingerprint density at radius 3 is 2.60 bits per heavy atom. The lowest BCUT2D eigenvalue weighted by molar-refractivity contribution is -0.131. The van der Waals surface area contributed by atoms with Gasteiger partial charge in [0.2, 0.25) is 5.91 Å². The smallest absolute Gasteiger partial charge is 0.222 e. The number of carbonyl (C=O) groups excluding carboxylic acids is 1. The number of halogens is 1. The van der Waals surface area contributed by atoms with Crippen LogP contribution in [0.4, 0.5) is 10.2 Å². The van der Waals surface area contributed by atoms with Crippen LogP contribution in [-0.4, -0.2) is 59.6 Å². The number of rotatable bonds is 7. The number of amidine groups is 1. The molecule has 1 aliphatic carbocycles. The van der Waals surface area contributed by atoms with E-state index in [2.05, 4.69) is 33.9 Å². The predicted octanol–water partition coefficient (Wildman–Crippen LogP) is 4.76. The summed E-state index contributed by atoms with van der Waals surface area (Å²) in [6, 6.07) is 9.34. The molecular weight excluding hydrogens is 441 g/mol. The maximum Gasteiger partial charge on any atom is 0.222 e. The van der Waals surface area contributed by atoms with Crippen molar-refractivity contribution in [1.82, 2.24) is 9.88 Å². The van der Waals surface area contributed by atoms with Crippen molar-refractivity contribution in [2.24, 2.45) is 15.9 Å². The second-order valence-electron chi connectivity index (χ2n) is 10.2. The second kappa shape index (κ2) is 9.88. The molecule has 0 spiro atoms. The number of amides is 1. The molecule has 2 aromatic rings. The Kier molecular flexibility index (Phi) is 6.67. The number of nitrogens with zero attached hydrogens (tertiary/aromatic N) is 5. The largest absolute Gasteiger partial charge is 0.353 e. The van der Waals surface area contributed by atoms with Gasteiger partial charge in [0.05, 0.1) is 6.04 Å². The van der Waals surface area contributed by atoms with Crippen LogP contribution in [0.25, 0.3) is 0 Å². The zero-order chi connectivity index (χ0) is 24.5. The minimum absolute atomic E-state index is 0.00690. The van der Waals surface area contributed by atoms with Crippen LogP contribution in [-0.2, 0) is 4.79 Å². The molecule has 5 rings (SSSR count). The van der Waals surface area contributed by atoms with Crippen molar-refractivity contribution in [2.45, 2.75) is 58.4 Å². The highest BCUT2D eigenvalue weighted by Crippen LogP contribution is 2.47. The van der Waals surface area contributed by atoms with Gasteiger partial charge < -0.3 is 9.80 Å². The molecule has 0 bridgehead atoms. The highest BCUT2D eigenvalue weighted by Gasteiger charge is 2.34. The molecule has 6 nitrogen and oxygen atoms in total. The molecule has 1 saturated heterocycles. The Morgan fingerprint density at radius 1 is 1.11 bits per heavy atom. The van der Waals surface area contributed by atoms with E-state index in [-0.39, 0.29) is 17.8 Å². The van der Waals surface area contributed by atoms with E-state index in [1.165, 1.54) is 18.1 Å². The predicted molar refractivity (Wildman–Crippen MR) is 138 cm³/mol. The van der Waals surface area contributed by atoms with Gasteiger partial charge in [0.25, 0.3) is 0 Å². The fourth-order valence-electron chi connectivity index (χ4n) is 5.12. The summed E-state index contributed by atoms with van der Waals surface area (Å²) in [7, 11) is 0. The lowest BCUT2D eigenvalue weighted by Gasteiger charge is -2.35. The van der Waals surface area contributed by atoms with E-state index in [1.807, 2.05) is 18.0 Å². The molecule has 0 N–H and O–H groups in total. The number of hydrogen-bond acceptors (Lipinski definition) is 5. The molecule has 1 saturated carbocycles. The van der Waals surface area contributed by atoms with Gasteiger partial charge >= 0.3 is 0 Å². The Labute approximate surface area is 207 Å². The first-order valence-corrected chi connectivity index (χ1v) is 12.8. The summed E-state index contributed by atoms with van der Waals surface area (Å²) in [5, 5.41) is 0. The molecule has 1 aromatic carbocycles. The molecular formula is C28H34FN5O. The van der Waals surface area contributed by atoms with Crippen LogP contribution in [0.15, 0.2) is 46.5 Å². The molecule has 2 aliphatic heterocycles. The van der Waals surface area contributed by atoms with E-state index in [0.29, 0.717) is 23.7 Å². The topological polar surface area (TPSA) is 61.2 Å². The van der Waals surface area contributed by atoms with Crippen molar-refractivity contribution in [1.29, 1.82) is 0 Å². The van der Waals surface area contributed by atoms with Crippen molar-refractivity contribution < 1.29 is 9.18 Å². The van der Waals surface area contributed by atoms with E-state index in [9.17, 15) is 9.18 Å². The summed E-state index contributed by atoms with van der Waals surface area (Å²) < 4.78 is 13.6. The maximum absolute atomic E-state index is 13.6. The van der Waals surface area contributed by atoms with Crippen molar-refractivity contribution in [3.63, 3.8) is 0 Å². The van der Waals surface area contributed by atoms with Crippen molar-refractivity contribution >= 4 is 23.3 Å². The average Bonchev–Trinajstić information content (AvgIpc) is 3.49. The second-order valence-corrected chi connectivity index (χ2v) is 10.2. The van der Waals surface area contributed by atoms with E-state index in [4.69, 9.17) is 4.99 Å². The first-order chi connectivity index (χ1) is 16.9. The van der Waals surface area contributed by atoms with Crippen molar-refractivity contribution in [2.75, 3.05) is 31.1 Å². The first kappa shape index (κ1) is 23.6. The molecule has 3 heterocycles. The molecule has 0 radical (unpaired) electrons. The van der Waals surface area contributed by atoms with Crippen LogP contribution in [0, 0.1) is 18.7 Å². The van der Waals surface area contributed by atoms with Gasteiger partial charge in [0, 0.05) is 50.1 Å². The number of aromatic nitrogens is 1. The number of hydrogen-bond donors (Lipinski definition) is 0. The van der Waals surface area contributed by atoms with Gasteiger partial charge in [-0.05, 0) is 86.4 Å². The van der Waals surface area contributed by atoms with Gasteiger partial charge in [0.15, 0.2) is 5.84 Å². The minimum atomic E-state index is -0.221. The molecule has 3 aliphatic rings. The zero-order valence-corrected chi connectivity index (χ0v) is 20.9. The summed E-state index contributed by atoms with van der Waals surface area (Å²) in [5.74, 6) is 3.16. The molecule has 184 valence electrons. The van der Waals surface area contributed by atoms with Crippen molar-refractivity contribution in [3.05, 3.63) is 59.0 Å². The number of benzene rings is 1. The highest BCUT2D eigenvalue weighted by atomic mass is 19.1. The van der Waals surface area contributed by atoms with Gasteiger partial charge in [-0.1, -0.05) is 6.92 Å². The van der Waals surface area contributed by atoms with Gasteiger partial charge in [-0.3, -0.25) is 9.79 Å². The molecule has 7 heteroatoms. The Morgan fingerprint density at radius 2 is 1.89 bits per heavy atom. The minimum Gasteiger partial charge on any atom is -0.353 e. The van der Waals surface area contributed by atoms with Crippen LogP contribution in [0.3, 0.4) is 0 Å². The first-order valence-electron chi connectivity index (χ1n) is 12.8. The molecule has 1 amide bonds. The molecule has 2 fully saturated rings. The van der Waals surface area contributed by atoms with Crippen LogP contribution in [0.2, 0.25) is 0 Å². The lowest BCUT2D eigenvalue weighted by atomic mass is 10.1. The zero-order valence-electron chi connectivity index (χ0n) is 20.9. The fourth-order valence-corrected chi connectivity index (χ4v) is 5.12. The average molecular weight is 476 g/mol. The number of aryl methyl sites for hydroxylation is 1. The summed E-state index contributed by atoms with van der Waals surface area (Å²) >= 11 is 0. The quantitative estimate of drug-likeness (QED) is 0.580. The molecule has 1 aromatic heterocycles. The Balaban J connectivity index is 1.09. The van der Waals surface area contributed by atoms with Gasteiger partial charge in [-0.15, -0.1) is 0 Å². The third-order valence-corrected chi connectivity index (χ3v) is 7.59. The number of pyridine rings is 1. The van der Waals surface area contributed by atoms with Gasteiger partial charge in [0.1, 0.15) is 11.6 Å². The summed E-state index contributed by atoms with van der Waals surface area (Å²) in [6.45, 7) is 9.14. The molecule has 3 atom stereocenters. The van der Waals surface area contributed by atoms with Gasteiger partial charge in [-0.2, -0.15) is 0 Å². The van der Waals surface area contributed by atoms with Crippen LogP contribution in [0.5, 0.6) is 0 Å². The standard InChI is InChI=1S/C28H34FN5O/c1-18-16-23(18)21-9-10-30-26(17-21)33-11-13-34(14-12-33)27(35)6-4-5-25-20(3)31-28(32-25)22-7-8-24(29)19(2)15-22/h7-10,15,17-18,23,25H,4-6,11-14,16H2,1-3H3. The Hall–Kier alpha value is -3.09. The number of aliphatic imine (C=N–C) groups is 2. The van der Waals surface area contributed by atoms with Crippen molar-refractivity contribution in [3.8, 4) is 0 Å². The number of piperazine rings is 1.